The second-order valence-corrected chi connectivity index (χ2v) is 3.68. The minimum absolute atomic E-state index is 0.485. The number of nitrogens with two attached hydrogens (primary N) is 1. The van der Waals surface area contributed by atoms with Crippen LogP contribution < -0.4 is 11.1 Å². The molecule has 0 aromatic carbocycles. The number of nitrogens with zero attached hydrogens (tertiary/aromatic N) is 4. The Morgan fingerprint density at radius 3 is 3.06 bits per heavy atom. The average molecular weight is 248 g/mol. The standard InChI is InChI=1S/C11H16N6O/c1-18-7-3-4-13-10-9(12)11(15-8-14-10)17-6-2-5-16-17/h2,5-6,8H,3-4,7,12H2,1H3,(H,13,14,15). The highest BCUT2D eigenvalue weighted by atomic mass is 16.5. The molecule has 96 valence electrons. The molecule has 2 rings (SSSR count). The highest BCUT2D eigenvalue weighted by molar-refractivity contribution is 5.68. The molecule has 0 aliphatic carbocycles. The molecule has 0 saturated heterocycles. The van der Waals surface area contributed by atoms with Gasteiger partial charge in [0.05, 0.1) is 0 Å². The fourth-order valence-corrected chi connectivity index (χ4v) is 1.53. The number of nitrogens with one attached hydrogen (secondary N) is 1. The van der Waals surface area contributed by atoms with Gasteiger partial charge in [-0.3, -0.25) is 0 Å². The van der Waals surface area contributed by atoms with Crippen LogP contribution in [0.1, 0.15) is 6.42 Å². The SMILES string of the molecule is COCCCNc1ncnc(-n2cccn2)c1N. The lowest BCUT2D eigenvalue weighted by Gasteiger charge is -2.10. The van der Waals surface area contributed by atoms with Crippen molar-refractivity contribution in [2.75, 3.05) is 31.3 Å². The van der Waals surface area contributed by atoms with E-state index in [0.29, 0.717) is 23.9 Å². The Hall–Kier alpha value is -2.15. The van der Waals surface area contributed by atoms with E-state index in [2.05, 4.69) is 20.4 Å². The Morgan fingerprint density at radius 1 is 1.44 bits per heavy atom. The van der Waals surface area contributed by atoms with E-state index in [1.165, 1.54) is 6.33 Å². The fraction of sp³-hybridized carbons (Fsp3) is 0.364. The van der Waals surface area contributed by atoms with E-state index in [-0.39, 0.29) is 0 Å². The van der Waals surface area contributed by atoms with Crippen LogP contribution in [0.5, 0.6) is 0 Å². The smallest absolute Gasteiger partial charge is 0.181 e. The molecule has 0 spiro atoms. The van der Waals surface area contributed by atoms with Crippen LogP contribution in [0.25, 0.3) is 5.82 Å². The molecule has 0 bridgehead atoms. The summed E-state index contributed by atoms with van der Waals surface area (Å²) in [5, 5.41) is 7.25. The van der Waals surface area contributed by atoms with E-state index in [1.54, 1.807) is 24.2 Å². The Morgan fingerprint density at radius 2 is 2.33 bits per heavy atom. The first-order valence-electron chi connectivity index (χ1n) is 5.66. The molecule has 7 nitrogen and oxygen atoms in total. The van der Waals surface area contributed by atoms with E-state index in [0.717, 1.165) is 13.0 Å². The van der Waals surface area contributed by atoms with Crippen molar-refractivity contribution in [3.05, 3.63) is 24.8 Å². The first-order valence-corrected chi connectivity index (χ1v) is 5.66. The lowest BCUT2D eigenvalue weighted by molar-refractivity contribution is 0.198. The van der Waals surface area contributed by atoms with Crippen molar-refractivity contribution in [1.29, 1.82) is 0 Å². The summed E-state index contributed by atoms with van der Waals surface area (Å²) in [5.41, 5.74) is 6.49. The molecule has 0 saturated carbocycles. The summed E-state index contributed by atoms with van der Waals surface area (Å²) >= 11 is 0. The molecule has 3 N–H and O–H groups in total. The Balaban J connectivity index is 2.10. The second-order valence-electron chi connectivity index (χ2n) is 3.68. The maximum absolute atomic E-state index is 6.01. The molecule has 18 heavy (non-hydrogen) atoms. The van der Waals surface area contributed by atoms with Crippen LogP contribution in [0, 0.1) is 0 Å². The molecule has 0 aliphatic rings. The summed E-state index contributed by atoms with van der Waals surface area (Å²) in [6, 6.07) is 1.81. The molecule has 2 aromatic heterocycles. The molecule has 2 aromatic rings. The monoisotopic (exact) mass is 248 g/mol. The summed E-state index contributed by atoms with van der Waals surface area (Å²) in [7, 11) is 1.68. The zero-order chi connectivity index (χ0) is 12.8. The van der Waals surface area contributed by atoms with E-state index in [4.69, 9.17) is 10.5 Å². The minimum atomic E-state index is 0.485. The van der Waals surface area contributed by atoms with E-state index in [1.807, 2.05) is 6.07 Å². The predicted octanol–water partition coefficient (Wildman–Crippen LogP) is 0.693. The first kappa shape index (κ1) is 12.3. The summed E-state index contributed by atoms with van der Waals surface area (Å²) in [6.45, 7) is 1.44. The lowest BCUT2D eigenvalue weighted by atomic mass is 10.4. The van der Waals surface area contributed by atoms with E-state index < -0.39 is 0 Å². The molecule has 0 unspecified atom stereocenters. The van der Waals surface area contributed by atoms with Gasteiger partial charge in [-0.2, -0.15) is 5.10 Å². The number of nitrogen functional groups attached to an aromatic ring is 1. The van der Waals surface area contributed by atoms with Gasteiger partial charge in [0, 0.05) is 32.7 Å². The number of anilines is 2. The van der Waals surface area contributed by atoms with Crippen molar-refractivity contribution in [1.82, 2.24) is 19.7 Å². The van der Waals surface area contributed by atoms with Gasteiger partial charge in [0.15, 0.2) is 11.6 Å². The Labute approximate surface area is 105 Å². The summed E-state index contributed by atoms with van der Waals surface area (Å²) < 4.78 is 6.58. The zero-order valence-electron chi connectivity index (χ0n) is 10.2. The molecule has 0 radical (unpaired) electrons. The quantitative estimate of drug-likeness (QED) is 0.731. The third-order valence-electron chi connectivity index (χ3n) is 2.40. The van der Waals surface area contributed by atoms with Crippen LogP contribution in [0.15, 0.2) is 24.8 Å². The van der Waals surface area contributed by atoms with Crippen LogP contribution >= 0.6 is 0 Å². The Kier molecular flexibility index (Phi) is 4.08. The van der Waals surface area contributed by atoms with Gasteiger partial charge in [0.1, 0.15) is 12.0 Å². The third kappa shape index (κ3) is 2.75. The largest absolute Gasteiger partial charge is 0.393 e. The molecule has 0 atom stereocenters. The predicted molar refractivity (Wildman–Crippen MR) is 68.5 cm³/mol. The van der Waals surface area contributed by atoms with Crippen molar-refractivity contribution < 1.29 is 4.74 Å². The number of ether oxygens (including phenoxy) is 1. The highest BCUT2D eigenvalue weighted by Crippen LogP contribution is 2.20. The molecule has 0 fully saturated rings. The van der Waals surface area contributed by atoms with Crippen molar-refractivity contribution >= 4 is 11.5 Å². The van der Waals surface area contributed by atoms with Crippen molar-refractivity contribution in [2.45, 2.75) is 6.42 Å². The second kappa shape index (κ2) is 5.97. The first-order chi connectivity index (χ1) is 8.83. The van der Waals surface area contributed by atoms with Crippen LogP contribution in [0.4, 0.5) is 11.5 Å². The third-order valence-corrected chi connectivity index (χ3v) is 2.40. The van der Waals surface area contributed by atoms with Gasteiger partial charge in [0.2, 0.25) is 0 Å². The van der Waals surface area contributed by atoms with Gasteiger partial charge in [-0.05, 0) is 12.5 Å². The number of methoxy groups -OCH3 is 1. The molecular weight excluding hydrogens is 232 g/mol. The van der Waals surface area contributed by atoms with Crippen LogP contribution in [-0.2, 0) is 4.74 Å². The van der Waals surface area contributed by atoms with E-state index in [9.17, 15) is 0 Å². The van der Waals surface area contributed by atoms with Crippen molar-refractivity contribution in [2.24, 2.45) is 0 Å². The van der Waals surface area contributed by atoms with Gasteiger partial charge in [-0.1, -0.05) is 0 Å². The summed E-state index contributed by atoms with van der Waals surface area (Å²) in [5.74, 6) is 1.19. The van der Waals surface area contributed by atoms with Gasteiger partial charge in [0.25, 0.3) is 0 Å². The van der Waals surface area contributed by atoms with Gasteiger partial charge >= 0.3 is 0 Å². The van der Waals surface area contributed by atoms with Crippen LogP contribution in [-0.4, -0.2) is 40.0 Å². The van der Waals surface area contributed by atoms with Gasteiger partial charge < -0.3 is 15.8 Å². The number of hydrogen-bond acceptors (Lipinski definition) is 6. The maximum Gasteiger partial charge on any atom is 0.181 e. The normalized spacial score (nSPS) is 10.5. The summed E-state index contributed by atoms with van der Waals surface area (Å²) in [6.07, 6.45) is 5.81. The average Bonchev–Trinajstić information content (AvgIpc) is 2.90. The maximum atomic E-state index is 6.01. The van der Waals surface area contributed by atoms with Crippen molar-refractivity contribution in [3.8, 4) is 5.82 Å². The van der Waals surface area contributed by atoms with Crippen LogP contribution in [0.2, 0.25) is 0 Å². The number of hydrogen-bond donors (Lipinski definition) is 2. The van der Waals surface area contributed by atoms with Gasteiger partial charge in [-0.15, -0.1) is 0 Å². The van der Waals surface area contributed by atoms with Gasteiger partial charge in [-0.25, -0.2) is 14.6 Å². The molecular formula is C11H16N6O. The number of aromatic nitrogens is 4. The topological polar surface area (TPSA) is 90.9 Å². The molecule has 0 aliphatic heterocycles. The fourth-order valence-electron chi connectivity index (χ4n) is 1.53. The van der Waals surface area contributed by atoms with Crippen LogP contribution in [0.3, 0.4) is 0 Å². The minimum Gasteiger partial charge on any atom is -0.393 e. The molecule has 0 amide bonds. The zero-order valence-corrected chi connectivity index (χ0v) is 10.2. The van der Waals surface area contributed by atoms with E-state index >= 15 is 0 Å². The molecule has 2 heterocycles. The Bertz CT molecular complexity index is 484. The van der Waals surface area contributed by atoms with Crippen molar-refractivity contribution in [3.63, 3.8) is 0 Å². The molecule has 7 heteroatoms. The summed E-state index contributed by atoms with van der Waals surface area (Å²) in [4.78, 5) is 8.24. The number of rotatable bonds is 6. The highest BCUT2D eigenvalue weighted by Gasteiger charge is 2.09. The lowest BCUT2D eigenvalue weighted by Crippen LogP contribution is -2.11.